The number of aliphatic hydroxyl groups excluding tert-OH is 4. The van der Waals surface area contributed by atoms with Crippen molar-refractivity contribution in [1.29, 1.82) is 0 Å². The maximum absolute atomic E-state index is 11.0. The van der Waals surface area contributed by atoms with Gasteiger partial charge in [-0.25, -0.2) is 4.63 Å². The number of benzene rings is 1. The van der Waals surface area contributed by atoms with E-state index in [0.29, 0.717) is 5.56 Å². The van der Waals surface area contributed by atoms with Gasteiger partial charge < -0.3 is 25.2 Å². The first-order valence-electron chi connectivity index (χ1n) is 7.13. The number of non-ortho nitro benzene ring substituents is 1. The second-order valence-corrected chi connectivity index (χ2v) is 5.56. The Hall–Kier alpha value is -2.18. The molecule has 0 spiro atoms. The zero-order valence-electron chi connectivity index (χ0n) is 12.2. The van der Waals surface area contributed by atoms with Crippen LogP contribution >= 0.6 is 0 Å². The fourth-order valence-corrected chi connectivity index (χ4v) is 2.85. The van der Waals surface area contributed by atoms with Crippen LogP contribution in [0.4, 0.5) is 5.69 Å². The minimum absolute atomic E-state index is 0.000248. The monoisotopic (exact) mass is 341 g/mol. The Kier molecular flexibility index (Phi) is 4.43. The molecule has 0 saturated carbocycles. The van der Waals surface area contributed by atoms with Crippen LogP contribution in [-0.2, 0) is 11.2 Å². The van der Waals surface area contributed by atoms with Crippen LogP contribution in [0.15, 0.2) is 16.8 Å². The molecule has 2 heterocycles. The summed E-state index contributed by atoms with van der Waals surface area (Å²) >= 11 is 0. The van der Waals surface area contributed by atoms with E-state index >= 15 is 0 Å². The van der Waals surface area contributed by atoms with Gasteiger partial charge in [0.05, 0.1) is 17.6 Å². The minimum atomic E-state index is -1.44. The number of aliphatic hydroxyl groups is 4. The van der Waals surface area contributed by atoms with Crippen molar-refractivity contribution in [2.45, 2.75) is 31.0 Å². The van der Waals surface area contributed by atoms with E-state index < -0.39 is 42.1 Å². The normalized spacial score (nSPS) is 30.6. The minimum Gasteiger partial charge on any atom is -0.394 e. The van der Waals surface area contributed by atoms with Gasteiger partial charge in [-0.2, -0.15) is 0 Å². The van der Waals surface area contributed by atoms with Crippen molar-refractivity contribution >= 4 is 16.7 Å². The molecule has 0 radical (unpaired) electrons. The maximum atomic E-state index is 11.0. The molecular formula is C13H15N3O8. The molecule has 5 atom stereocenters. The Morgan fingerprint density at radius 2 is 1.88 bits per heavy atom. The van der Waals surface area contributed by atoms with E-state index in [9.17, 15) is 25.4 Å². The molecule has 1 aliphatic rings. The van der Waals surface area contributed by atoms with Crippen LogP contribution in [0.5, 0.6) is 0 Å². The van der Waals surface area contributed by atoms with E-state index in [0.717, 1.165) is 0 Å². The fourth-order valence-electron chi connectivity index (χ4n) is 2.85. The van der Waals surface area contributed by atoms with Gasteiger partial charge >= 0.3 is 5.69 Å². The van der Waals surface area contributed by atoms with Crippen molar-refractivity contribution < 1.29 is 34.7 Å². The summed E-state index contributed by atoms with van der Waals surface area (Å²) in [5, 5.41) is 57.3. The van der Waals surface area contributed by atoms with E-state index in [1.165, 1.54) is 12.1 Å². The average Bonchev–Trinajstić information content (AvgIpc) is 3.04. The topological polar surface area (TPSA) is 172 Å². The third-order valence-electron chi connectivity index (χ3n) is 4.16. The number of ether oxygens (including phenoxy) is 1. The van der Waals surface area contributed by atoms with Gasteiger partial charge in [0, 0.05) is 12.0 Å². The third kappa shape index (κ3) is 2.72. The lowest BCUT2D eigenvalue weighted by Gasteiger charge is -2.40. The highest BCUT2D eigenvalue weighted by Crippen LogP contribution is 2.32. The first-order chi connectivity index (χ1) is 11.4. The molecule has 3 unspecified atom stereocenters. The lowest BCUT2D eigenvalue weighted by molar-refractivity contribution is -0.383. The van der Waals surface area contributed by atoms with E-state index in [1.54, 1.807) is 0 Å². The summed E-state index contributed by atoms with van der Waals surface area (Å²) in [6.07, 6.45) is -5.29. The smallest absolute Gasteiger partial charge is 0.300 e. The highest BCUT2D eigenvalue weighted by atomic mass is 16.6. The molecule has 0 aliphatic carbocycles. The van der Waals surface area contributed by atoms with Crippen molar-refractivity contribution in [3.8, 4) is 0 Å². The summed E-state index contributed by atoms with van der Waals surface area (Å²) < 4.78 is 9.64. The Morgan fingerprint density at radius 3 is 2.54 bits per heavy atom. The fraction of sp³-hybridized carbons (Fsp3) is 0.538. The number of fused-ring (bicyclic) bond motifs is 1. The Morgan fingerprint density at radius 1 is 1.17 bits per heavy atom. The van der Waals surface area contributed by atoms with Gasteiger partial charge in [0.2, 0.25) is 5.52 Å². The highest BCUT2D eigenvalue weighted by Gasteiger charge is 2.43. The molecule has 2 aromatic rings. The van der Waals surface area contributed by atoms with E-state index in [1.807, 2.05) is 0 Å². The summed E-state index contributed by atoms with van der Waals surface area (Å²) in [7, 11) is 0. The number of hydrogen-bond donors (Lipinski definition) is 4. The molecule has 1 aromatic heterocycles. The van der Waals surface area contributed by atoms with E-state index in [4.69, 9.17) is 9.84 Å². The molecule has 24 heavy (non-hydrogen) atoms. The van der Waals surface area contributed by atoms with Crippen molar-refractivity contribution in [3.63, 3.8) is 0 Å². The molecule has 11 heteroatoms. The zero-order valence-corrected chi connectivity index (χ0v) is 12.2. The number of nitro groups is 1. The number of aromatic nitrogens is 2. The SMILES string of the molecule is O=[N+]([O-])c1ccc(CC2C(O)OC(CO)[C@H](O)[C@H]2O)c2nonc12. The highest BCUT2D eigenvalue weighted by molar-refractivity contribution is 5.85. The first-order valence-corrected chi connectivity index (χ1v) is 7.13. The first kappa shape index (κ1) is 16.7. The largest absolute Gasteiger partial charge is 0.394 e. The van der Waals surface area contributed by atoms with Crippen LogP contribution in [0.2, 0.25) is 0 Å². The molecule has 1 aromatic carbocycles. The second kappa shape index (κ2) is 6.37. The van der Waals surface area contributed by atoms with E-state index in [2.05, 4.69) is 14.9 Å². The summed E-state index contributed by atoms with van der Waals surface area (Å²) in [5.41, 5.74) is 0.226. The molecule has 11 nitrogen and oxygen atoms in total. The number of hydrogen-bond acceptors (Lipinski definition) is 10. The molecule has 0 amide bonds. The van der Waals surface area contributed by atoms with Gasteiger partial charge in [0.15, 0.2) is 6.29 Å². The summed E-state index contributed by atoms with van der Waals surface area (Å²) in [6, 6.07) is 2.63. The molecule has 1 saturated heterocycles. The van der Waals surface area contributed by atoms with Crippen LogP contribution in [-0.4, -0.2) is 66.9 Å². The molecular weight excluding hydrogens is 326 g/mol. The molecule has 1 aliphatic heterocycles. The van der Waals surface area contributed by atoms with Crippen LogP contribution in [0.1, 0.15) is 5.56 Å². The predicted octanol–water partition coefficient (Wildman–Crippen LogP) is -1.28. The van der Waals surface area contributed by atoms with Crippen molar-refractivity contribution in [3.05, 3.63) is 27.8 Å². The predicted molar refractivity (Wildman–Crippen MR) is 75.6 cm³/mol. The molecule has 1 fully saturated rings. The molecule has 130 valence electrons. The van der Waals surface area contributed by atoms with Gasteiger partial charge in [-0.15, -0.1) is 0 Å². The molecule has 4 N–H and O–H groups in total. The summed E-state index contributed by atoms with van der Waals surface area (Å²) in [4.78, 5) is 10.3. The van der Waals surface area contributed by atoms with Gasteiger partial charge in [0.1, 0.15) is 17.7 Å². The zero-order chi connectivity index (χ0) is 17.4. The van der Waals surface area contributed by atoms with Crippen LogP contribution < -0.4 is 0 Å². The van der Waals surface area contributed by atoms with Crippen molar-refractivity contribution in [1.82, 2.24) is 10.3 Å². The molecule has 0 bridgehead atoms. The average molecular weight is 341 g/mol. The van der Waals surface area contributed by atoms with Crippen LogP contribution in [0.3, 0.4) is 0 Å². The lowest BCUT2D eigenvalue weighted by atomic mass is 9.86. The second-order valence-electron chi connectivity index (χ2n) is 5.56. The maximum Gasteiger partial charge on any atom is 0.300 e. The van der Waals surface area contributed by atoms with Crippen LogP contribution in [0.25, 0.3) is 11.0 Å². The van der Waals surface area contributed by atoms with E-state index in [-0.39, 0.29) is 23.1 Å². The third-order valence-corrected chi connectivity index (χ3v) is 4.16. The van der Waals surface area contributed by atoms with Gasteiger partial charge in [-0.3, -0.25) is 10.1 Å². The van der Waals surface area contributed by atoms with Crippen LogP contribution in [0, 0.1) is 16.0 Å². The molecule has 3 rings (SSSR count). The Labute approximate surface area is 134 Å². The summed E-state index contributed by atoms with van der Waals surface area (Å²) in [5.74, 6) is -0.927. The van der Waals surface area contributed by atoms with Gasteiger partial charge in [0.25, 0.3) is 0 Å². The standard InChI is InChI=1S/C13H15N3O8/c17-4-8-12(19)11(18)6(13(20)23-8)3-5-1-2-7(16(21)22)10-9(5)14-24-15-10/h1-2,6,8,11-13,17-20H,3-4H2/t6?,8?,11-,12-,13?/m0/s1. The summed E-state index contributed by atoms with van der Waals surface area (Å²) in [6.45, 7) is -0.559. The number of nitro benzene ring substituents is 1. The van der Waals surface area contributed by atoms with Gasteiger partial charge in [-0.05, 0) is 28.4 Å². The van der Waals surface area contributed by atoms with Crippen molar-refractivity contribution in [2.75, 3.05) is 6.61 Å². The van der Waals surface area contributed by atoms with Crippen molar-refractivity contribution in [2.24, 2.45) is 5.92 Å². The van der Waals surface area contributed by atoms with Gasteiger partial charge in [-0.1, -0.05) is 0 Å². The lowest BCUT2D eigenvalue weighted by Crippen LogP contribution is -2.56. The quantitative estimate of drug-likeness (QED) is 0.387. The Balaban J connectivity index is 1.91. The Bertz CT molecular complexity index is 750. The number of nitrogens with zero attached hydrogens (tertiary/aromatic N) is 3. The number of rotatable bonds is 4.